The lowest BCUT2D eigenvalue weighted by molar-refractivity contribution is 0.109. The summed E-state index contributed by atoms with van der Waals surface area (Å²) in [7, 11) is 1.55. The number of rotatable bonds is 3. The van der Waals surface area contributed by atoms with Crippen LogP contribution in [0.5, 0.6) is 0 Å². The fraction of sp³-hybridized carbons (Fsp3) is 0.333. The van der Waals surface area contributed by atoms with Gasteiger partial charge in [0.05, 0.1) is 0 Å². The predicted molar refractivity (Wildman–Crippen MR) is 45.1 cm³/mol. The first-order chi connectivity index (χ1) is 5.72. The lowest BCUT2D eigenvalue weighted by atomic mass is 10.1. The van der Waals surface area contributed by atoms with Crippen LogP contribution in [-0.4, -0.2) is 13.3 Å². The number of nitrogens with two attached hydrogens (primary N) is 1. The fourth-order valence-electron chi connectivity index (χ4n) is 0.936. The Bertz CT molecular complexity index is 235. The monoisotopic (exact) mass is 169 g/mol. The summed E-state index contributed by atoms with van der Waals surface area (Å²) in [6.07, 6.45) is 0.298. The second-order valence-corrected chi connectivity index (χ2v) is 2.60. The van der Waals surface area contributed by atoms with E-state index in [4.69, 9.17) is 10.5 Å². The molecule has 1 aromatic rings. The van der Waals surface area contributed by atoms with Crippen LogP contribution in [0.1, 0.15) is 5.56 Å². The smallest absolute Gasteiger partial charge is 0.123 e. The van der Waals surface area contributed by atoms with E-state index in [-0.39, 0.29) is 12.0 Å². The van der Waals surface area contributed by atoms with Gasteiger partial charge in [-0.25, -0.2) is 4.39 Å². The average Bonchev–Trinajstić information content (AvgIpc) is 2.09. The first-order valence-corrected chi connectivity index (χ1v) is 3.75. The van der Waals surface area contributed by atoms with Crippen molar-refractivity contribution in [2.45, 2.75) is 12.6 Å². The number of hydrogen-bond donors (Lipinski definition) is 1. The van der Waals surface area contributed by atoms with Gasteiger partial charge in [-0.3, -0.25) is 0 Å². The molecule has 66 valence electrons. The quantitative estimate of drug-likeness (QED) is 0.692. The van der Waals surface area contributed by atoms with E-state index in [0.29, 0.717) is 6.42 Å². The summed E-state index contributed by atoms with van der Waals surface area (Å²) in [6.45, 7) is 0. The molecule has 0 bridgehead atoms. The Morgan fingerprint density at radius 2 is 2.00 bits per heavy atom. The van der Waals surface area contributed by atoms with Gasteiger partial charge in [0.1, 0.15) is 12.0 Å². The van der Waals surface area contributed by atoms with E-state index in [1.54, 1.807) is 19.2 Å². The van der Waals surface area contributed by atoms with Gasteiger partial charge in [-0.05, 0) is 17.7 Å². The summed E-state index contributed by atoms with van der Waals surface area (Å²) >= 11 is 0. The summed E-state index contributed by atoms with van der Waals surface area (Å²) in [5, 5.41) is 0. The van der Waals surface area contributed by atoms with E-state index < -0.39 is 0 Å². The Labute approximate surface area is 71.1 Å². The maximum Gasteiger partial charge on any atom is 0.123 e. The number of ether oxygens (including phenoxy) is 1. The molecule has 1 atom stereocenters. The zero-order valence-electron chi connectivity index (χ0n) is 6.96. The zero-order chi connectivity index (χ0) is 8.97. The number of halogens is 1. The normalized spacial score (nSPS) is 12.9. The van der Waals surface area contributed by atoms with Crippen molar-refractivity contribution >= 4 is 0 Å². The molecule has 1 aromatic carbocycles. The Morgan fingerprint density at radius 3 is 2.50 bits per heavy atom. The number of hydrogen-bond acceptors (Lipinski definition) is 2. The molecule has 0 radical (unpaired) electrons. The first-order valence-electron chi connectivity index (χ1n) is 3.75. The number of benzene rings is 1. The molecule has 0 aliphatic heterocycles. The molecule has 0 heterocycles. The third-order valence-corrected chi connectivity index (χ3v) is 1.65. The Balaban J connectivity index is 2.58. The molecule has 2 N–H and O–H groups in total. The molecule has 0 saturated carbocycles. The second-order valence-electron chi connectivity index (χ2n) is 2.60. The molecule has 3 heteroatoms. The average molecular weight is 169 g/mol. The van der Waals surface area contributed by atoms with Crippen molar-refractivity contribution in [2.75, 3.05) is 7.11 Å². The Hall–Kier alpha value is -0.930. The van der Waals surface area contributed by atoms with Crippen molar-refractivity contribution in [3.8, 4) is 0 Å². The van der Waals surface area contributed by atoms with Crippen LogP contribution in [0.15, 0.2) is 24.3 Å². The van der Waals surface area contributed by atoms with Crippen LogP contribution < -0.4 is 5.73 Å². The Morgan fingerprint density at radius 1 is 1.42 bits per heavy atom. The minimum absolute atomic E-state index is 0.232. The van der Waals surface area contributed by atoms with Crippen LogP contribution in [0.25, 0.3) is 0 Å². The molecule has 12 heavy (non-hydrogen) atoms. The van der Waals surface area contributed by atoms with E-state index in [1.165, 1.54) is 12.1 Å². The topological polar surface area (TPSA) is 35.2 Å². The molecule has 2 nitrogen and oxygen atoms in total. The van der Waals surface area contributed by atoms with Gasteiger partial charge in [-0.15, -0.1) is 0 Å². The molecule has 0 aromatic heterocycles. The largest absolute Gasteiger partial charge is 0.366 e. The highest BCUT2D eigenvalue weighted by molar-refractivity contribution is 5.16. The van der Waals surface area contributed by atoms with Gasteiger partial charge in [0.2, 0.25) is 0 Å². The van der Waals surface area contributed by atoms with Crippen LogP contribution in [0.2, 0.25) is 0 Å². The molecular formula is C9H12FNO. The van der Waals surface area contributed by atoms with Gasteiger partial charge in [-0.1, -0.05) is 12.1 Å². The predicted octanol–water partition coefficient (Wildman–Crippen LogP) is 1.30. The van der Waals surface area contributed by atoms with Gasteiger partial charge in [0, 0.05) is 13.5 Å². The van der Waals surface area contributed by atoms with Gasteiger partial charge >= 0.3 is 0 Å². The van der Waals surface area contributed by atoms with E-state index in [1.807, 2.05) is 0 Å². The summed E-state index contributed by atoms with van der Waals surface area (Å²) in [5.74, 6) is -0.232. The fourth-order valence-corrected chi connectivity index (χ4v) is 0.936. The lowest BCUT2D eigenvalue weighted by Crippen LogP contribution is -2.24. The summed E-state index contributed by atoms with van der Waals surface area (Å²) in [4.78, 5) is 0. The third kappa shape index (κ3) is 2.60. The molecule has 0 aliphatic rings. The van der Waals surface area contributed by atoms with Crippen molar-refractivity contribution in [3.63, 3.8) is 0 Å². The molecule has 0 spiro atoms. The van der Waals surface area contributed by atoms with Crippen molar-refractivity contribution in [3.05, 3.63) is 35.6 Å². The molecule has 0 aliphatic carbocycles. The maximum absolute atomic E-state index is 12.4. The highest BCUT2D eigenvalue weighted by atomic mass is 19.1. The summed E-state index contributed by atoms with van der Waals surface area (Å²) in [5.41, 5.74) is 6.50. The van der Waals surface area contributed by atoms with E-state index in [0.717, 1.165) is 5.56 Å². The highest BCUT2D eigenvalue weighted by Crippen LogP contribution is 2.04. The molecule has 0 saturated heterocycles. The summed E-state index contributed by atoms with van der Waals surface area (Å²) < 4.78 is 17.3. The minimum atomic E-state index is -0.310. The van der Waals surface area contributed by atoms with Crippen LogP contribution >= 0.6 is 0 Å². The lowest BCUT2D eigenvalue weighted by Gasteiger charge is -2.08. The standard InChI is InChI=1S/C9H12FNO/c1-12-9(11)6-7-2-4-8(10)5-3-7/h2-5,9H,6,11H2,1H3. The van der Waals surface area contributed by atoms with Gasteiger partial charge in [0.15, 0.2) is 0 Å². The molecule has 1 unspecified atom stereocenters. The van der Waals surface area contributed by atoms with Crippen LogP contribution in [0.3, 0.4) is 0 Å². The van der Waals surface area contributed by atoms with E-state index >= 15 is 0 Å². The van der Waals surface area contributed by atoms with E-state index in [2.05, 4.69) is 0 Å². The first kappa shape index (κ1) is 9.16. The SMILES string of the molecule is COC(N)Cc1ccc(F)cc1. The highest BCUT2D eigenvalue weighted by Gasteiger charge is 2.01. The van der Waals surface area contributed by atoms with Crippen LogP contribution in [-0.2, 0) is 11.2 Å². The van der Waals surface area contributed by atoms with Crippen LogP contribution in [0, 0.1) is 5.82 Å². The number of methoxy groups -OCH3 is 1. The minimum Gasteiger partial charge on any atom is -0.366 e. The van der Waals surface area contributed by atoms with Crippen molar-refractivity contribution in [1.82, 2.24) is 0 Å². The summed E-state index contributed by atoms with van der Waals surface area (Å²) in [6, 6.07) is 6.23. The molecule has 0 amide bonds. The maximum atomic E-state index is 12.4. The Kier molecular flexibility index (Phi) is 3.19. The van der Waals surface area contributed by atoms with Crippen molar-refractivity contribution in [2.24, 2.45) is 5.73 Å². The molecule has 0 fully saturated rings. The second kappa shape index (κ2) is 4.18. The molecule has 1 rings (SSSR count). The molecular weight excluding hydrogens is 157 g/mol. The van der Waals surface area contributed by atoms with E-state index in [9.17, 15) is 4.39 Å². The van der Waals surface area contributed by atoms with Crippen molar-refractivity contribution < 1.29 is 9.13 Å². The third-order valence-electron chi connectivity index (χ3n) is 1.65. The van der Waals surface area contributed by atoms with Gasteiger partial charge in [0.25, 0.3) is 0 Å². The van der Waals surface area contributed by atoms with Gasteiger partial charge in [-0.2, -0.15) is 0 Å². The van der Waals surface area contributed by atoms with Gasteiger partial charge < -0.3 is 10.5 Å². The van der Waals surface area contributed by atoms with Crippen LogP contribution in [0.4, 0.5) is 4.39 Å². The zero-order valence-corrected chi connectivity index (χ0v) is 6.96. The van der Waals surface area contributed by atoms with Crippen molar-refractivity contribution in [1.29, 1.82) is 0 Å².